The number of benzene rings is 2. The number of halogens is 5. The third kappa shape index (κ3) is 4.38. The van der Waals surface area contributed by atoms with Gasteiger partial charge in [-0.2, -0.15) is 0 Å². The summed E-state index contributed by atoms with van der Waals surface area (Å²) in [5.74, 6) is -8.55. The largest absolute Gasteiger partial charge is 0.321 e. The van der Waals surface area contributed by atoms with Gasteiger partial charge in [0.15, 0.2) is 0 Å². The van der Waals surface area contributed by atoms with Crippen LogP contribution in [0, 0.1) is 6.92 Å². The van der Waals surface area contributed by atoms with Crippen molar-refractivity contribution in [3.05, 3.63) is 63.7 Å². The molecule has 2 aromatic rings. The van der Waals surface area contributed by atoms with E-state index in [4.69, 9.17) is 0 Å². The minimum atomic E-state index is -4.33. The topological polar surface area (TPSA) is 29.1 Å². The summed E-state index contributed by atoms with van der Waals surface area (Å²) >= 11 is 0. The molecule has 0 aromatic heterocycles. The number of alkyl halides is 5. The summed E-state index contributed by atoms with van der Waals surface area (Å²) < 4.78 is 71.7. The number of nitrogens with one attached hydrogen (secondary N) is 1. The van der Waals surface area contributed by atoms with Crippen molar-refractivity contribution in [2.75, 3.05) is 5.32 Å². The van der Waals surface area contributed by atoms with Crippen LogP contribution in [0.2, 0.25) is 0 Å². The van der Waals surface area contributed by atoms with Crippen molar-refractivity contribution in [2.45, 2.75) is 83.7 Å². The van der Waals surface area contributed by atoms with Crippen molar-refractivity contribution in [2.24, 2.45) is 0 Å². The van der Waals surface area contributed by atoms with Crippen LogP contribution in [0.3, 0.4) is 0 Å². The van der Waals surface area contributed by atoms with Gasteiger partial charge in [0.1, 0.15) is 0 Å². The zero-order valence-electron chi connectivity index (χ0n) is 19.6. The maximum absolute atomic E-state index is 15.3. The van der Waals surface area contributed by atoms with Crippen LogP contribution in [0.25, 0.3) is 0 Å². The summed E-state index contributed by atoms with van der Waals surface area (Å²) in [6.07, 6.45) is 3.21. The Morgan fingerprint density at radius 2 is 1.67 bits per heavy atom. The molecular formula is C26H30F5NO. The SMILES string of the molecule is CCc1cc(C(F)(C(C)(F)F)C(C)(F)F)cc(C)c1NC(=O)c1ccc2c(c1)CCC2CC. The van der Waals surface area contributed by atoms with Crippen molar-refractivity contribution >= 4 is 11.6 Å². The molecule has 3 rings (SSSR count). The van der Waals surface area contributed by atoms with Crippen LogP contribution in [0.4, 0.5) is 27.6 Å². The molecule has 7 heteroatoms. The molecule has 33 heavy (non-hydrogen) atoms. The van der Waals surface area contributed by atoms with Gasteiger partial charge in [0.25, 0.3) is 23.4 Å². The summed E-state index contributed by atoms with van der Waals surface area (Å²) in [5, 5.41) is 2.78. The molecule has 1 unspecified atom stereocenters. The lowest BCUT2D eigenvalue weighted by Gasteiger charge is -2.36. The molecule has 2 nitrogen and oxygen atoms in total. The molecule has 1 atom stereocenters. The molecule has 1 N–H and O–H groups in total. The molecule has 1 aliphatic carbocycles. The van der Waals surface area contributed by atoms with Gasteiger partial charge in [-0.15, -0.1) is 0 Å². The number of hydrogen-bond acceptors (Lipinski definition) is 1. The van der Waals surface area contributed by atoms with E-state index in [1.54, 1.807) is 13.0 Å². The Hall–Kier alpha value is -2.44. The third-order valence-electron chi connectivity index (χ3n) is 6.74. The minimum Gasteiger partial charge on any atom is -0.321 e. The first kappa shape index (κ1) is 25.2. The Balaban J connectivity index is 1.98. The van der Waals surface area contributed by atoms with Crippen molar-refractivity contribution < 1.29 is 26.7 Å². The third-order valence-corrected chi connectivity index (χ3v) is 6.74. The Kier molecular flexibility index (Phi) is 6.66. The van der Waals surface area contributed by atoms with Crippen LogP contribution in [-0.4, -0.2) is 17.8 Å². The summed E-state index contributed by atoms with van der Waals surface area (Å²) in [4.78, 5) is 13.0. The predicted octanol–water partition coefficient (Wildman–Crippen LogP) is 7.72. The van der Waals surface area contributed by atoms with E-state index in [2.05, 4.69) is 12.2 Å². The highest BCUT2D eigenvalue weighted by Gasteiger charge is 2.66. The normalized spacial score (nSPS) is 16.6. The van der Waals surface area contributed by atoms with Crippen LogP contribution in [0.5, 0.6) is 0 Å². The second-order valence-corrected chi connectivity index (χ2v) is 9.13. The lowest BCUT2D eigenvalue weighted by atomic mass is 9.82. The fourth-order valence-electron chi connectivity index (χ4n) is 4.87. The average Bonchev–Trinajstić information content (AvgIpc) is 3.14. The highest BCUT2D eigenvalue weighted by Crippen LogP contribution is 2.52. The summed E-state index contributed by atoms with van der Waals surface area (Å²) in [6, 6.07) is 7.55. The molecule has 0 radical (unpaired) electrons. The standard InChI is InChI=1S/C26H30F5NO/c1-6-16-8-9-18-13-19(10-11-21(16)18)23(33)32-22-15(3)12-20(14-17(22)7-2)26(31,24(4,27)28)25(5,29)30/h10-14,16H,6-9H2,1-5H3,(H,32,33). The predicted molar refractivity (Wildman–Crippen MR) is 120 cm³/mol. The van der Waals surface area contributed by atoms with E-state index in [0.29, 0.717) is 22.7 Å². The van der Waals surface area contributed by atoms with Gasteiger partial charge >= 0.3 is 0 Å². The van der Waals surface area contributed by atoms with Gasteiger partial charge in [-0.1, -0.05) is 32.0 Å². The van der Waals surface area contributed by atoms with E-state index in [0.717, 1.165) is 37.0 Å². The Labute approximate surface area is 191 Å². The smallest absolute Gasteiger partial charge is 0.288 e. The Bertz CT molecular complexity index is 1040. The summed E-state index contributed by atoms with van der Waals surface area (Å²) in [5.41, 5.74) is -1.29. The zero-order chi connectivity index (χ0) is 24.8. The Morgan fingerprint density at radius 3 is 2.21 bits per heavy atom. The molecule has 0 fully saturated rings. The monoisotopic (exact) mass is 467 g/mol. The van der Waals surface area contributed by atoms with Gasteiger partial charge in [0.2, 0.25) is 0 Å². The van der Waals surface area contributed by atoms with Gasteiger partial charge in [0.05, 0.1) is 0 Å². The van der Waals surface area contributed by atoms with E-state index in [1.807, 2.05) is 12.1 Å². The zero-order valence-corrected chi connectivity index (χ0v) is 19.6. The quantitative estimate of drug-likeness (QED) is 0.415. The molecule has 0 heterocycles. The molecule has 0 saturated carbocycles. The van der Waals surface area contributed by atoms with E-state index in [-0.39, 0.29) is 25.8 Å². The van der Waals surface area contributed by atoms with Gasteiger partial charge in [-0.05, 0) is 72.9 Å². The van der Waals surface area contributed by atoms with Crippen LogP contribution in [0.1, 0.15) is 84.6 Å². The maximum Gasteiger partial charge on any atom is 0.288 e. The molecule has 1 aliphatic rings. The molecule has 0 saturated heterocycles. The van der Waals surface area contributed by atoms with Crippen molar-refractivity contribution in [1.29, 1.82) is 0 Å². The molecule has 1 amide bonds. The van der Waals surface area contributed by atoms with Crippen LogP contribution in [-0.2, 0) is 18.5 Å². The molecular weight excluding hydrogens is 437 g/mol. The van der Waals surface area contributed by atoms with Gasteiger partial charge in [-0.25, -0.2) is 22.0 Å². The maximum atomic E-state index is 15.3. The summed E-state index contributed by atoms with van der Waals surface area (Å²) in [7, 11) is 0. The van der Waals surface area contributed by atoms with E-state index in [1.165, 1.54) is 12.5 Å². The number of amides is 1. The van der Waals surface area contributed by atoms with Crippen LogP contribution in [0.15, 0.2) is 30.3 Å². The molecule has 0 aliphatic heterocycles. The lowest BCUT2D eigenvalue weighted by molar-refractivity contribution is -0.239. The molecule has 0 spiro atoms. The van der Waals surface area contributed by atoms with Gasteiger partial charge in [-0.3, -0.25) is 4.79 Å². The van der Waals surface area contributed by atoms with Crippen molar-refractivity contribution in [3.63, 3.8) is 0 Å². The summed E-state index contributed by atoms with van der Waals surface area (Å²) in [6.45, 7) is 5.60. The molecule has 0 bridgehead atoms. The van der Waals surface area contributed by atoms with Gasteiger partial charge < -0.3 is 5.32 Å². The van der Waals surface area contributed by atoms with Crippen LogP contribution < -0.4 is 5.32 Å². The second kappa shape index (κ2) is 8.73. The first-order valence-electron chi connectivity index (χ1n) is 11.3. The number of rotatable bonds is 7. The van der Waals surface area contributed by atoms with E-state index < -0.39 is 29.0 Å². The average molecular weight is 468 g/mol. The second-order valence-electron chi connectivity index (χ2n) is 9.13. The number of carbonyl (C=O) groups is 1. The highest BCUT2D eigenvalue weighted by atomic mass is 19.3. The number of carbonyl (C=O) groups excluding carboxylic acids is 1. The van der Waals surface area contributed by atoms with Gasteiger partial charge in [0, 0.05) is 30.7 Å². The van der Waals surface area contributed by atoms with Crippen LogP contribution >= 0.6 is 0 Å². The first-order chi connectivity index (χ1) is 15.2. The molecule has 180 valence electrons. The van der Waals surface area contributed by atoms with E-state index in [9.17, 15) is 22.4 Å². The van der Waals surface area contributed by atoms with Crippen molar-refractivity contribution in [3.8, 4) is 0 Å². The number of hydrogen-bond donors (Lipinski definition) is 1. The first-order valence-corrected chi connectivity index (χ1v) is 11.3. The van der Waals surface area contributed by atoms with Crippen molar-refractivity contribution in [1.82, 2.24) is 0 Å². The number of fused-ring (bicyclic) bond motifs is 1. The lowest BCUT2D eigenvalue weighted by Crippen LogP contribution is -2.51. The fraction of sp³-hybridized carbons (Fsp3) is 0.500. The Morgan fingerprint density at radius 1 is 1.03 bits per heavy atom. The minimum absolute atomic E-state index is 0.151. The fourth-order valence-corrected chi connectivity index (χ4v) is 4.87. The number of anilines is 1. The highest BCUT2D eigenvalue weighted by molar-refractivity contribution is 6.05. The molecule has 2 aromatic carbocycles. The van der Waals surface area contributed by atoms with E-state index >= 15 is 4.39 Å². The number of aryl methyl sites for hydroxylation is 3.